The molecule has 0 bridgehead atoms. The molecule has 2 amide bonds. The maximum atomic E-state index is 13.6. The van der Waals surface area contributed by atoms with E-state index in [1.54, 1.807) is 41.5 Å². The van der Waals surface area contributed by atoms with Crippen LogP contribution >= 0.6 is 0 Å². The summed E-state index contributed by atoms with van der Waals surface area (Å²) < 4.78 is 35.1. The predicted octanol–water partition coefficient (Wildman–Crippen LogP) is 3.02. The van der Waals surface area contributed by atoms with Crippen molar-refractivity contribution in [3.05, 3.63) is 24.3 Å². The Labute approximate surface area is 180 Å². The Kier molecular flexibility index (Phi) is 5.99. The van der Waals surface area contributed by atoms with Gasteiger partial charge in [-0.3, -0.25) is 0 Å². The van der Waals surface area contributed by atoms with Crippen LogP contribution in [-0.2, 0) is 10.0 Å². The van der Waals surface area contributed by atoms with E-state index in [1.807, 2.05) is 11.0 Å². The number of benzene rings is 1. The molecule has 4 rings (SSSR count). The van der Waals surface area contributed by atoms with Crippen LogP contribution in [0.1, 0.15) is 38.5 Å². The van der Waals surface area contributed by atoms with Gasteiger partial charge in [0.15, 0.2) is 0 Å². The number of sulfonamides is 1. The summed E-state index contributed by atoms with van der Waals surface area (Å²) in [7, 11) is -0.104. The molecule has 2 fully saturated rings. The van der Waals surface area contributed by atoms with Crippen LogP contribution in [0.3, 0.4) is 0 Å². The van der Waals surface area contributed by atoms with E-state index in [-0.39, 0.29) is 16.3 Å². The van der Waals surface area contributed by atoms with Gasteiger partial charge in [-0.2, -0.15) is 4.31 Å². The van der Waals surface area contributed by atoms with E-state index in [4.69, 9.17) is 4.74 Å². The molecule has 0 radical (unpaired) electrons. The quantitative estimate of drug-likeness (QED) is 0.716. The zero-order chi connectivity index (χ0) is 21.4. The molecule has 1 spiro atoms. The molecular weight excluding hydrogens is 402 g/mol. The number of carbonyl (C=O) groups is 1. The lowest BCUT2D eigenvalue weighted by Gasteiger charge is -2.45. The third-order valence-corrected chi connectivity index (χ3v) is 8.78. The number of hydrogen-bond donors (Lipinski definition) is 0. The maximum absolute atomic E-state index is 13.6. The summed E-state index contributed by atoms with van der Waals surface area (Å²) in [6, 6.07) is 7.00. The number of urea groups is 1. The number of carbonyl (C=O) groups excluding carboxylic acids is 1. The van der Waals surface area contributed by atoms with Gasteiger partial charge < -0.3 is 14.5 Å². The van der Waals surface area contributed by atoms with E-state index in [1.165, 1.54) is 12.8 Å². The molecule has 0 unspecified atom stereocenters. The van der Waals surface area contributed by atoms with Crippen LogP contribution < -0.4 is 4.74 Å². The van der Waals surface area contributed by atoms with Gasteiger partial charge in [0.2, 0.25) is 10.0 Å². The first-order chi connectivity index (χ1) is 14.3. The second-order valence-corrected chi connectivity index (χ2v) is 11.3. The van der Waals surface area contributed by atoms with Crippen molar-refractivity contribution in [2.75, 3.05) is 46.9 Å². The number of para-hydroxylation sites is 1. The highest BCUT2D eigenvalue weighted by Gasteiger charge is 2.44. The molecule has 1 aliphatic carbocycles. The highest BCUT2D eigenvalue weighted by molar-refractivity contribution is 7.89. The summed E-state index contributed by atoms with van der Waals surface area (Å²) in [5.41, 5.74) is -0.275. The molecule has 7 nitrogen and oxygen atoms in total. The average Bonchev–Trinajstić information content (AvgIpc) is 3.24. The highest BCUT2D eigenvalue weighted by Crippen LogP contribution is 2.40. The first kappa shape index (κ1) is 21.4. The minimum Gasteiger partial charge on any atom is -0.492 e. The molecule has 0 aromatic heterocycles. The molecule has 3 aliphatic rings. The van der Waals surface area contributed by atoms with Crippen LogP contribution in [-0.4, -0.2) is 75.4 Å². The SMILES string of the molecule is CN(C)C(=O)N1CCC2(CC1)COc1ccccc1S(=O)(=O)N(CC1CCCC1)C2. The smallest absolute Gasteiger partial charge is 0.319 e. The van der Waals surface area contributed by atoms with E-state index in [0.717, 1.165) is 25.7 Å². The fourth-order valence-electron chi connectivity index (χ4n) is 5.06. The molecule has 166 valence electrons. The van der Waals surface area contributed by atoms with E-state index in [2.05, 4.69) is 0 Å². The zero-order valence-electron chi connectivity index (χ0n) is 18.0. The summed E-state index contributed by atoms with van der Waals surface area (Å²) in [5.74, 6) is 0.875. The summed E-state index contributed by atoms with van der Waals surface area (Å²) in [6.45, 7) is 2.77. The lowest BCUT2D eigenvalue weighted by atomic mass is 9.78. The summed E-state index contributed by atoms with van der Waals surface area (Å²) in [4.78, 5) is 16.1. The first-order valence-electron chi connectivity index (χ1n) is 11.0. The van der Waals surface area contributed by atoms with Gasteiger partial charge in [-0.15, -0.1) is 0 Å². The number of piperidine rings is 1. The van der Waals surface area contributed by atoms with Gasteiger partial charge in [-0.05, 0) is 43.7 Å². The van der Waals surface area contributed by atoms with Crippen LogP contribution in [0, 0.1) is 11.3 Å². The highest BCUT2D eigenvalue weighted by atomic mass is 32.2. The number of likely N-dealkylation sites (tertiary alicyclic amines) is 1. The summed E-state index contributed by atoms with van der Waals surface area (Å²) >= 11 is 0. The Morgan fingerprint density at radius 3 is 2.50 bits per heavy atom. The van der Waals surface area contributed by atoms with Gasteiger partial charge in [0.25, 0.3) is 0 Å². The summed E-state index contributed by atoms with van der Waals surface area (Å²) in [5, 5.41) is 0. The van der Waals surface area contributed by atoms with Crippen molar-refractivity contribution in [1.29, 1.82) is 0 Å². The van der Waals surface area contributed by atoms with Crippen LogP contribution in [0.15, 0.2) is 29.2 Å². The minimum atomic E-state index is -3.63. The van der Waals surface area contributed by atoms with Crippen LogP contribution in [0.5, 0.6) is 5.75 Å². The number of ether oxygens (including phenoxy) is 1. The van der Waals surface area contributed by atoms with Gasteiger partial charge in [0.05, 0.1) is 6.61 Å². The summed E-state index contributed by atoms with van der Waals surface area (Å²) in [6.07, 6.45) is 6.05. The van der Waals surface area contributed by atoms with Crippen molar-refractivity contribution in [3.63, 3.8) is 0 Å². The third kappa shape index (κ3) is 4.17. The fraction of sp³-hybridized carbons (Fsp3) is 0.682. The second kappa shape index (κ2) is 8.38. The number of fused-ring (bicyclic) bond motifs is 1. The van der Waals surface area contributed by atoms with Crippen LogP contribution in [0.4, 0.5) is 4.79 Å². The lowest BCUT2D eigenvalue weighted by Crippen LogP contribution is -2.54. The first-order valence-corrected chi connectivity index (χ1v) is 12.4. The molecule has 0 N–H and O–H groups in total. The average molecular weight is 436 g/mol. The Morgan fingerprint density at radius 1 is 1.17 bits per heavy atom. The van der Waals surface area contributed by atoms with Crippen molar-refractivity contribution in [1.82, 2.24) is 14.1 Å². The van der Waals surface area contributed by atoms with Gasteiger partial charge in [0.1, 0.15) is 10.6 Å². The number of rotatable bonds is 2. The minimum absolute atomic E-state index is 0.0115. The van der Waals surface area contributed by atoms with E-state index in [9.17, 15) is 13.2 Å². The van der Waals surface area contributed by atoms with Crippen molar-refractivity contribution in [3.8, 4) is 5.75 Å². The molecule has 1 aromatic carbocycles. The van der Waals surface area contributed by atoms with Gasteiger partial charge >= 0.3 is 6.03 Å². The number of amides is 2. The number of hydrogen-bond acceptors (Lipinski definition) is 4. The lowest BCUT2D eigenvalue weighted by molar-refractivity contribution is 0.0394. The molecule has 1 saturated heterocycles. The second-order valence-electron chi connectivity index (χ2n) is 9.35. The molecule has 0 atom stereocenters. The Balaban J connectivity index is 1.62. The molecule has 2 heterocycles. The third-order valence-electron chi connectivity index (χ3n) is 6.93. The zero-order valence-corrected chi connectivity index (χ0v) is 18.9. The van der Waals surface area contributed by atoms with Crippen molar-refractivity contribution in [2.45, 2.75) is 43.4 Å². The predicted molar refractivity (Wildman–Crippen MR) is 115 cm³/mol. The Hall–Kier alpha value is -1.80. The van der Waals surface area contributed by atoms with Crippen LogP contribution in [0.2, 0.25) is 0 Å². The standard InChI is InChI=1S/C22H33N3O4S/c1-23(2)21(26)24-13-11-22(12-14-24)16-25(15-18-7-3-4-8-18)30(27,28)20-10-6-5-9-19(20)29-17-22/h5-6,9-10,18H,3-4,7-8,11-17H2,1-2H3. The molecule has 30 heavy (non-hydrogen) atoms. The monoisotopic (exact) mass is 435 g/mol. The van der Waals surface area contributed by atoms with Crippen molar-refractivity contribution in [2.24, 2.45) is 11.3 Å². The van der Waals surface area contributed by atoms with E-state index in [0.29, 0.717) is 44.5 Å². The topological polar surface area (TPSA) is 70.2 Å². The molecule has 1 aromatic rings. The van der Waals surface area contributed by atoms with E-state index >= 15 is 0 Å². The van der Waals surface area contributed by atoms with E-state index < -0.39 is 10.0 Å². The van der Waals surface area contributed by atoms with Crippen molar-refractivity contribution < 1.29 is 17.9 Å². The van der Waals surface area contributed by atoms with Crippen molar-refractivity contribution >= 4 is 16.1 Å². The largest absolute Gasteiger partial charge is 0.492 e. The van der Waals surface area contributed by atoms with Gasteiger partial charge in [-0.1, -0.05) is 25.0 Å². The Morgan fingerprint density at radius 2 is 1.83 bits per heavy atom. The molecule has 8 heteroatoms. The molecule has 2 aliphatic heterocycles. The maximum Gasteiger partial charge on any atom is 0.319 e. The Bertz CT molecular complexity index is 872. The van der Waals surface area contributed by atoms with Crippen LogP contribution in [0.25, 0.3) is 0 Å². The van der Waals surface area contributed by atoms with Gasteiger partial charge in [-0.25, -0.2) is 13.2 Å². The van der Waals surface area contributed by atoms with Gasteiger partial charge in [0, 0.05) is 45.7 Å². The molecular formula is C22H33N3O4S. The number of nitrogens with zero attached hydrogens (tertiary/aromatic N) is 3. The fourth-order valence-corrected chi connectivity index (χ4v) is 6.82. The molecule has 1 saturated carbocycles. The normalized spacial score (nSPS) is 24.0.